The fourth-order valence-electron chi connectivity index (χ4n) is 4.50. The minimum absolute atomic E-state index is 0.0674. The lowest BCUT2D eigenvalue weighted by Crippen LogP contribution is -2.68. The molecule has 0 spiro atoms. The fourth-order valence-corrected chi connectivity index (χ4v) is 4.50. The van der Waals surface area contributed by atoms with Crippen LogP contribution in [-0.4, -0.2) is 81.1 Å². The Morgan fingerprint density at radius 1 is 1.17 bits per heavy atom. The van der Waals surface area contributed by atoms with Crippen LogP contribution in [-0.2, 0) is 4.79 Å². The number of carbonyl (C=O) groups excluding carboxylic acids is 2. The summed E-state index contributed by atoms with van der Waals surface area (Å²) in [5, 5.41) is 8.63. The maximum Gasteiger partial charge on any atom is 0.405 e. The van der Waals surface area contributed by atoms with Gasteiger partial charge in [0.05, 0.1) is 23.6 Å². The molecule has 3 amide bonds. The van der Waals surface area contributed by atoms with Crippen LogP contribution in [0.3, 0.4) is 0 Å². The van der Waals surface area contributed by atoms with E-state index in [4.69, 9.17) is 17.2 Å². The Balaban J connectivity index is 1.29. The largest absolute Gasteiger partial charge is 0.405 e. The van der Waals surface area contributed by atoms with Gasteiger partial charge in [0, 0.05) is 54.4 Å². The van der Waals surface area contributed by atoms with Gasteiger partial charge in [-0.3, -0.25) is 9.79 Å². The number of hydrogen-bond acceptors (Lipinski definition) is 8. The highest BCUT2D eigenvalue weighted by molar-refractivity contribution is 6.10. The Hall–Kier alpha value is -4.50. The molecule has 1 aliphatic heterocycles. The van der Waals surface area contributed by atoms with Crippen molar-refractivity contribution in [3.8, 4) is 11.3 Å². The number of fused-ring (bicyclic) bond motifs is 1. The lowest BCUT2D eigenvalue weighted by Gasteiger charge is -2.47. The molecular formula is C26H29F3N10O2. The predicted molar refractivity (Wildman–Crippen MR) is 147 cm³/mol. The monoisotopic (exact) mass is 570 g/mol. The second-order valence-electron chi connectivity index (χ2n) is 10.3. The molecule has 5 rings (SSSR count). The van der Waals surface area contributed by atoms with Gasteiger partial charge in [-0.25, -0.2) is 14.3 Å². The quantitative estimate of drug-likeness (QED) is 0.254. The van der Waals surface area contributed by atoms with E-state index in [0.717, 1.165) is 0 Å². The van der Waals surface area contributed by atoms with Crippen molar-refractivity contribution in [3.63, 3.8) is 0 Å². The van der Waals surface area contributed by atoms with Gasteiger partial charge in [-0.1, -0.05) is 12.1 Å². The molecule has 2 fully saturated rings. The molecule has 3 heterocycles. The van der Waals surface area contributed by atoms with Crippen LogP contribution in [0, 0.1) is 0 Å². The minimum Gasteiger partial charge on any atom is -0.404 e. The molecule has 1 aromatic carbocycles. The molecule has 1 aliphatic carbocycles. The highest BCUT2D eigenvalue weighted by Crippen LogP contribution is 2.37. The molecule has 8 N–H and O–H groups in total. The van der Waals surface area contributed by atoms with Crippen molar-refractivity contribution in [1.82, 2.24) is 24.8 Å². The lowest BCUT2D eigenvalue weighted by atomic mass is 9.89. The number of nitrogens with two attached hydrogens (primary N) is 3. The molecule has 2 aliphatic rings. The van der Waals surface area contributed by atoms with Crippen molar-refractivity contribution >= 4 is 35.1 Å². The molecule has 1 saturated heterocycles. The number of benzene rings is 1. The number of hydrogen-bond donors (Lipinski definition) is 5. The van der Waals surface area contributed by atoms with E-state index >= 15 is 0 Å². The van der Waals surface area contributed by atoms with Crippen molar-refractivity contribution in [2.45, 2.75) is 30.1 Å². The zero-order chi connectivity index (χ0) is 29.4. The zero-order valence-corrected chi connectivity index (χ0v) is 21.9. The molecule has 0 bridgehead atoms. The molecule has 3 aromatic rings. The minimum atomic E-state index is -4.51. The fraction of sp³-hybridized carbons (Fsp3) is 0.346. The third-order valence-corrected chi connectivity index (χ3v) is 7.07. The van der Waals surface area contributed by atoms with Gasteiger partial charge in [-0.15, -0.1) is 0 Å². The number of halogens is 3. The van der Waals surface area contributed by atoms with E-state index in [-0.39, 0.29) is 12.5 Å². The number of aliphatic imine (C=N–C) groups is 1. The number of likely N-dealkylation sites (tertiary alicyclic amines) is 1. The first-order valence-corrected chi connectivity index (χ1v) is 12.8. The standard InChI is InChI=1S/C26H29F3N10O2/c27-26(28,29)13-34-23(41)37-19-3-1-2-16(6-19)20-11-33-21-7-17(10-36-39(20)21)18(8-30)9-35-24(12-31)14-38(15-24)22(40)25(32)4-5-25/h1-3,6-11H,4-5,12-15,30-32H2,(H2,34,37,41). The molecule has 12 nitrogen and oxygen atoms in total. The summed E-state index contributed by atoms with van der Waals surface area (Å²) in [6.45, 7) is -0.424. The molecule has 15 heteroatoms. The number of nitrogens with zero attached hydrogens (tertiary/aromatic N) is 5. The summed E-state index contributed by atoms with van der Waals surface area (Å²) in [7, 11) is 0. The van der Waals surface area contributed by atoms with Gasteiger partial charge in [0.25, 0.3) is 0 Å². The van der Waals surface area contributed by atoms with Gasteiger partial charge in [0.2, 0.25) is 5.91 Å². The summed E-state index contributed by atoms with van der Waals surface area (Å²) in [4.78, 5) is 35.1. The van der Waals surface area contributed by atoms with Crippen LogP contribution >= 0.6 is 0 Å². The van der Waals surface area contributed by atoms with Crippen LogP contribution < -0.4 is 27.8 Å². The van der Waals surface area contributed by atoms with E-state index in [9.17, 15) is 22.8 Å². The summed E-state index contributed by atoms with van der Waals surface area (Å²) in [5.74, 6) is -0.0674. The van der Waals surface area contributed by atoms with Gasteiger partial charge in [-0.05, 0) is 31.0 Å². The van der Waals surface area contributed by atoms with E-state index in [1.165, 1.54) is 6.20 Å². The first-order valence-electron chi connectivity index (χ1n) is 12.8. The second-order valence-corrected chi connectivity index (χ2v) is 10.3. The van der Waals surface area contributed by atoms with Crippen molar-refractivity contribution in [3.05, 3.63) is 54.5 Å². The number of anilines is 1. The van der Waals surface area contributed by atoms with Crippen molar-refractivity contribution in [2.75, 3.05) is 31.5 Å². The normalized spacial score (nSPS) is 17.9. The molecule has 41 heavy (non-hydrogen) atoms. The summed E-state index contributed by atoms with van der Waals surface area (Å²) >= 11 is 0. The molecule has 2 aromatic heterocycles. The van der Waals surface area contributed by atoms with Gasteiger partial charge < -0.3 is 32.7 Å². The Morgan fingerprint density at radius 3 is 2.59 bits per heavy atom. The van der Waals surface area contributed by atoms with E-state index < -0.39 is 29.8 Å². The molecular weight excluding hydrogens is 541 g/mol. The first-order chi connectivity index (χ1) is 19.4. The van der Waals surface area contributed by atoms with E-state index in [1.807, 2.05) is 0 Å². The molecule has 1 saturated carbocycles. The van der Waals surface area contributed by atoms with Crippen LogP contribution in [0.1, 0.15) is 18.4 Å². The van der Waals surface area contributed by atoms with Crippen molar-refractivity contribution < 1.29 is 22.8 Å². The number of imidazole rings is 1. The summed E-state index contributed by atoms with van der Waals surface area (Å²) < 4.78 is 38.7. The van der Waals surface area contributed by atoms with Gasteiger partial charge in [0.1, 0.15) is 12.1 Å². The SMILES string of the molecule is NC=C(C=NC1(CN)CN(C(=O)C2(N)CC2)C1)c1cnn2c(-c3cccc(NC(=O)NCC(F)(F)F)c3)cnc2c1. The number of rotatable bonds is 8. The number of alkyl halides is 3. The summed E-state index contributed by atoms with van der Waals surface area (Å²) in [6, 6.07) is 7.34. The molecule has 0 atom stereocenters. The molecule has 0 radical (unpaired) electrons. The van der Waals surface area contributed by atoms with Crippen molar-refractivity contribution in [1.29, 1.82) is 0 Å². The smallest absolute Gasteiger partial charge is 0.404 e. The highest BCUT2D eigenvalue weighted by atomic mass is 19.4. The highest BCUT2D eigenvalue weighted by Gasteiger charge is 2.54. The zero-order valence-electron chi connectivity index (χ0n) is 21.9. The number of carbonyl (C=O) groups is 2. The Morgan fingerprint density at radius 2 is 1.93 bits per heavy atom. The number of urea groups is 1. The Bertz CT molecular complexity index is 1540. The topological polar surface area (TPSA) is 182 Å². The van der Waals surface area contributed by atoms with Gasteiger partial charge in [-0.2, -0.15) is 18.3 Å². The number of amides is 3. The van der Waals surface area contributed by atoms with Crippen LogP contribution in [0.15, 0.2) is 53.9 Å². The van der Waals surface area contributed by atoms with Crippen LogP contribution in [0.5, 0.6) is 0 Å². The molecule has 216 valence electrons. The van der Waals surface area contributed by atoms with E-state index in [0.29, 0.717) is 59.7 Å². The maximum atomic E-state index is 12.5. The summed E-state index contributed by atoms with van der Waals surface area (Å²) in [6.07, 6.45) is 3.05. The van der Waals surface area contributed by atoms with E-state index in [1.54, 1.807) is 63.7 Å². The predicted octanol–water partition coefficient (Wildman–Crippen LogP) is 1.48. The average Bonchev–Trinajstić information content (AvgIpc) is 3.53. The molecule has 0 unspecified atom stereocenters. The number of nitrogens with one attached hydrogen (secondary N) is 2. The van der Waals surface area contributed by atoms with Gasteiger partial charge in [0.15, 0.2) is 5.65 Å². The third-order valence-electron chi connectivity index (χ3n) is 7.07. The van der Waals surface area contributed by atoms with E-state index in [2.05, 4.69) is 20.4 Å². The third kappa shape index (κ3) is 6.00. The van der Waals surface area contributed by atoms with Crippen LogP contribution in [0.25, 0.3) is 22.5 Å². The van der Waals surface area contributed by atoms with Crippen LogP contribution in [0.4, 0.5) is 23.7 Å². The lowest BCUT2D eigenvalue weighted by molar-refractivity contribution is -0.140. The first kappa shape index (κ1) is 28.0. The Kier molecular flexibility index (Phi) is 7.17. The van der Waals surface area contributed by atoms with Crippen LogP contribution in [0.2, 0.25) is 0 Å². The average molecular weight is 571 g/mol. The number of aromatic nitrogens is 3. The Labute approximate surface area is 232 Å². The van der Waals surface area contributed by atoms with Gasteiger partial charge >= 0.3 is 12.2 Å². The van der Waals surface area contributed by atoms with Crippen molar-refractivity contribution in [2.24, 2.45) is 22.2 Å². The number of allylic oxidation sites excluding steroid dienone is 1. The maximum absolute atomic E-state index is 12.5. The second kappa shape index (κ2) is 10.5. The summed E-state index contributed by atoms with van der Waals surface area (Å²) in [5.41, 5.74) is 19.8.